The molecule has 9 nitrogen and oxygen atoms in total. The summed E-state index contributed by atoms with van der Waals surface area (Å²) in [4.78, 5) is 31.8. The third kappa shape index (κ3) is 6.31. The van der Waals surface area contributed by atoms with E-state index in [0.29, 0.717) is 41.4 Å². The SMILES string of the molecule is CCCP(=O)(O)Oc1ccc(-c2nc3c(cc2Br)c(NC(=O)c2cccnc2)nn3CCCC2CC2)cc1. The molecule has 0 spiro atoms. The summed E-state index contributed by atoms with van der Waals surface area (Å²) in [5, 5.41) is 8.37. The second-order valence-corrected chi connectivity index (χ2v) is 12.3. The van der Waals surface area contributed by atoms with Gasteiger partial charge in [-0.05, 0) is 83.6 Å². The number of benzene rings is 1. The van der Waals surface area contributed by atoms with E-state index in [9.17, 15) is 14.3 Å². The van der Waals surface area contributed by atoms with Crippen molar-refractivity contribution in [2.24, 2.45) is 5.92 Å². The smallest absolute Gasteiger partial charge is 0.376 e. The molecular formula is C27H29BrN5O4P. The Bertz CT molecular complexity index is 1490. The summed E-state index contributed by atoms with van der Waals surface area (Å²) in [5.41, 5.74) is 2.61. The molecule has 38 heavy (non-hydrogen) atoms. The summed E-state index contributed by atoms with van der Waals surface area (Å²) in [6.07, 6.45) is 8.52. The molecule has 2 N–H and O–H groups in total. The van der Waals surface area contributed by atoms with Crippen LogP contribution >= 0.6 is 23.5 Å². The lowest BCUT2D eigenvalue weighted by Gasteiger charge is -2.13. The largest absolute Gasteiger partial charge is 0.424 e. The van der Waals surface area contributed by atoms with Gasteiger partial charge in [-0.2, -0.15) is 5.10 Å². The number of aryl methyl sites for hydroxylation is 1. The molecule has 1 unspecified atom stereocenters. The number of carbonyl (C=O) groups is 1. The van der Waals surface area contributed by atoms with Crippen molar-refractivity contribution >= 4 is 46.3 Å². The van der Waals surface area contributed by atoms with Crippen molar-refractivity contribution < 1.29 is 18.8 Å². The summed E-state index contributed by atoms with van der Waals surface area (Å²) in [6.45, 7) is 2.53. The van der Waals surface area contributed by atoms with Crippen LogP contribution in [0.25, 0.3) is 22.3 Å². The number of pyridine rings is 2. The number of halogens is 1. The molecule has 1 saturated carbocycles. The lowest BCUT2D eigenvalue weighted by atomic mass is 10.1. The van der Waals surface area contributed by atoms with Crippen LogP contribution in [0.5, 0.6) is 5.75 Å². The van der Waals surface area contributed by atoms with Gasteiger partial charge in [0.2, 0.25) is 0 Å². The molecule has 1 amide bonds. The maximum absolute atomic E-state index is 12.8. The van der Waals surface area contributed by atoms with Crippen molar-refractivity contribution in [3.05, 3.63) is 64.9 Å². The molecule has 1 atom stereocenters. The minimum absolute atomic E-state index is 0.100. The topological polar surface area (TPSA) is 119 Å². The summed E-state index contributed by atoms with van der Waals surface area (Å²) >= 11 is 3.64. The molecule has 1 fully saturated rings. The highest BCUT2D eigenvalue weighted by molar-refractivity contribution is 9.10. The normalized spacial score (nSPS) is 14.8. The van der Waals surface area contributed by atoms with Crippen LogP contribution in [0, 0.1) is 5.92 Å². The molecule has 5 rings (SSSR count). The van der Waals surface area contributed by atoms with Crippen LogP contribution in [-0.4, -0.2) is 36.7 Å². The number of nitrogens with zero attached hydrogens (tertiary/aromatic N) is 4. The average Bonchev–Trinajstić information content (AvgIpc) is 3.67. The third-order valence-electron chi connectivity index (χ3n) is 6.39. The molecule has 3 aromatic heterocycles. The molecule has 198 valence electrons. The minimum atomic E-state index is -3.67. The first-order chi connectivity index (χ1) is 18.3. The molecule has 3 heterocycles. The van der Waals surface area contributed by atoms with Crippen LogP contribution in [0.1, 0.15) is 49.4 Å². The van der Waals surface area contributed by atoms with Crippen LogP contribution in [0.3, 0.4) is 0 Å². The fourth-order valence-corrected chi connectivity index (χ4v) is 5.96. The molecule has 0 aliphatic heterocycles. The van der Waals surface area contributed by atoms with Crippen molar-refractivity contribution in [2.75, 3.05) is 11.5 Å². The Morgan fingerprint density at radius 1 is 1.26 bits per heavy atom. The summed E-state index contributed by atoms with van der Waals surface area (Å²) < 4.78 is 20.1. The van der Waals surface area contributed by atoms with Gasteiger partial charge in [-0.25, -0.2) is 14.2 Å². The Morgan fingerprint density at radius 3 is 2.74 bits per heavy atom. The first-order valence-electron chi connectivity index (χ1n) is 12.7. The van der Waals surface area contributed by atoms with E-state index in [2.05, 4.69) is 26.2 Å². The Hall–Kier alpha value is -3.07. The molecule has 1 aromatic carbocycles. The van der Waals surface area contributed by atoms with Crippen LogP contribution in [0.15, 0.2) is 59.3 Å². The number of nitrogens with one attached hydrogen (secondary N) is 1. The van der Waals surface area contributed by atoms with E-state index in [4.69, 9.17) is 14.6 Å². The Labute approximate surface area is 229 Å². The molecule has 1 aliphatic rings. The van der Waals surface area contributed by atoms with Gasteiger partial charge in [-0.15, -0.1) is 0 Å². The van der Waals surface area contributed by atoms with Crippen molar-refractivity contribution in [1.82, 2.24) is 19.7 Å². The molecule has 1 aliphatic carbocycles. The van der Waals surface area contributed by atoms with Crippen molar-refractivity contribution in [1.29, 1.82) is 0 Å². The third-order valence-corrected chi connectivity index (χ3v) is 8.51. The van der Waals surface area contributed by atoms with E-state index >= 15 is 0 Å². The fourth-order valence-electron chi connectivity index (χ4n) is 4.30. The van der Waals surface area contributed by atoms with Crippen LogP contribution in [0.4, 0.5) is 5.82 Å². The van der Waals surface area contributed by atoms with Gasteiger partial charge < -0.3 is 14.7 Å². The lowest BCUT2D eigenvalue weighted by Crippen LogP contribution is -2.13. The maximum atomic E-state index is 12.8. The molecule has 0 bridgehead atoms. The number of aromatic nitrogens is 4. The zero-order valence-electron chi connectivity index (χ0n) is 21.0. The number of anilines is 1. The molecule has 0 radical (unpaired) electrons. The fraction of sp³-hybridized carbons (Fsp3) is 0.333. The lowest BCUT2D eigenvalue weighted by molar-refractivity contribution is 0.102. The van der Waals surface area contributed by atoms with Crippen LogP contribution in [-0.2, 0) is 11.1 Å². The Morgan fingerprint density at radius 2 is 2.05 bits per heavy atom. The van der Waals surface area contributed by atoms with E-state index in [-0.39, 0.29) is 12.1 Å². The van der Waals surface area contributed by atoms with Gasteiger partial charge in [0, 0.05) is 29.0 Å². The second-order valence-electron chi connectivity index (χ2n) is 9.52. The summed E-state index contributed by atoms with van der Waals surface area (Å²) in [6, 6.07) is 12.3. The van der Waals surface area contributed by atoms with E-state index < -0.39 is 7.60 Å². The highest BCUT2D eigenvalue weighted by Gasteiger charge is 2.23. The van der Waals surface area contributed by atoms with Gasteiger partial charge in [-0.3, -0.25) is 9.78 Å². The number of rotatable bonds is 11. The number of hydrogen-bond donors (Lipinski definition) is 2. The Kier molecular flexibility index (Phi) is 7.93. The van der Waals surface area contributed by atoms with E-state index in [1.807, 2.05) is 17.7 Å². The van der Waals surface area contributed by atoms with E-state index in [0.717, 1.165) is 34.2 Å². The van der Waals surface area contributed by atoms with Gasteiger partial charge in [0.05, 0.1) is 22.8 Å². The maximum Gasteiger partial charge on any atom is 0.376 e. The van der Waals surface area contributed by atoms with Crippen LogP contribution in [0.2, 0.25) is 0 Å². The van der Waals surface area contributed by atoms with E-state index in [1.54, 1.807) is 42.6 Å². The standard InChI is InChI=1S/C27H29BrN5O4P/c1-2-15-38(35,36)37-21-11-9-19(10-12-21)24-23(28)16-22-25(31-27(34)20-6-3-13-29-17-20)32-33(26(22)30-24)14-4-5-18-7-8-18/h3,6,9-13,16-18H,2,4-5,7-8,14-15H2,1H3,(H,35,36)(H,31,32,34). The summed E-state index contributed by atoms with van der Waals surface area (Å²) in [5.74, 6) is 1.29. The van der Waals surface area contributed by atoms with Crippen LogP contribution < -0.4 is 9.84 Å². The Balaban J connectivity index is 1.46. The van der Waals surface area contributed by atoms with Crippen molar-refractivity contribution in [3.63, 3.8) is 0 Å². The zero-order chi connectivity index (χ0) is 26.7. The first kappa shape index (κ1) is 26.5. The monoisotopic (exact) mass is 597 g/mol. The highest BCUT2D eigenvalue weighted by atomic mass is 79.9. The number of carbonyl (C=O) groups excluding carboxylic acids is 1. The van der Waals surface area contributed by atoms with Gasteiger partial charge >= 0.3 is 7.60 Å². The zero-order valence-corrected chi connectivity index (χ0v) is 23.5. The van der Waals surface area contributed by atoms with Crippen molar-refractivity contribution in [3.8, 4) is 17.0 Å². The van der Waals surface area contributed by atoms with Gasteiger partial charge in [0.1, 0.15) is 5.75 Å². The summed E-state index contributed by atoms with van der Waals surface area (Å²) in [7, 11) is -3.67. The molecule has 11 heteroatoms. The van der Waals surface area contributed by atoms with Gasteiger partial charge in [0.25, 0.3) is 5.91 Å². The first-order valence-corrected chi connectivity index (χ1v) is 15.3. The average molecular weight is 598 g/mol. The van der Waals surface area contributed by atoms with Crippen molar-refractivity contribution in [2.45, 2.75) is 45.6 Å². The van der Waals surface area contributed by atoms with E-state index in [1.165, 1.54) is 19.0 Å². The van der Waals surface area contributed by atoms with Gasteiger partial charge in [-0.1, -0.05) is 19.8 Å². The minimum Gasteiger partial charge on any atom is -0.424 e. The predicted octanol–water partition coefficient (Wildman–Crippen LogP) is 6.67. The number of amides is 1. The van der Waals surface area contributed by atoms with Gasteiger partial charge in [0.15, 0.2) is 11.5 Å². The second kappa shape index (κ2) is 11.4. The predicted molar refractivity (Wildman–Crippen MR) is 150 cm³/mol. The molecule has 0 saturated heterocycles. The number of hydrogen-bond acceptors (Lipinski definition) is 6. The highest BCUT2D eigenvalue weighted by Crippen LogP contribution is 2.43. The quantitative estimate of drug-likeness (QED) is 0.185. The molecule has 4 aromatic rings. The number of fused-ring (bicyclic) bond motifs is 1. The molecular weight excluding hydrogens is 569 g/mol.